The summed E-state index contributed by atoms with van der Waals surface area (Å²) in [5.74, 6) is 0.0167. The number of esters is 1. The van der Waals surface area contributed by atoms with Gasteiger partial charge in [-0.25, -0.2) is 9.78 Å². The molecule has 0 saturated carbocycles. The second-order valence-electron chi connectivity index (χ2n) is 3.28. The van der Waals surface area contributed by atoms with E-state index in [0.29, 0.717) is 12.4 Å². The maximum atomic E-state index is 11.2. The van der Waals surface area contributed by atoms with Gasteiger partial charge >= 0.3 is 5.97 Å². The summed E-state index contributed by atoms with van der Waals surface area (Å²) in [5.41, 5.74) is 0.178. The Labute approximate surface area is 94.0 Å². The van der Waals surface area contributed by atoms with Crippen LogP contribution in [-0.2, 0) is 9.47 Å². The van der Waals surface area contributed by atoms with Crippen LogP contribution in [0.1, 0.15) is 17.4 Å². The zero-order valence-corrected chi connectivity index (χ0v) is 9.56. The number of ether oxygens (including phenoxy) is 2. The molecule has 0 aliphatic heterocycles. The number of anilines is 1. The monoisotopic (exact) mass is 225 g/mol. The molecular formula is C10H15N3O3. The van der Waals surface area contributed by atoms with Gasteiger partial charge in [0.15, 0.2) is 5.69 Å². The molecule has 0 bridgehead atoms. The van der Waals surface area contributed by atoms with Crippen LogP contribution in [0.4, 0.5) is 5.82 Å². The third kappa shape index (κ3) is 3.47. The first-order chi connectivity index (χ1) is 7.67. The van der Waals surface area contributed by atoms with Crippen LogP contribution in [0.2, 0.25) is 0 Å². The number of hydrogen-bond donors (Lipinski definition) is 1. The van der Waals surface area contributed by atoms with Crippen LogP contribution in [-0.4, -0.2) is 42.8 Å². The van der Waals surface area contributed by atoms with Crippen LogP contribution >= 0.6 is 0 Å². The average molecular weight is 225 g/mol. The molecular weight excluding hydrogens is 210 g/mol. The first-order valence-corrected chi connectivity index (χ1v) is 4.83. The van der Waals surface area contributed by atoms with Crippen molar-refractivity contribution in [3.8, 4) is 0 Å². The molecule has 0 spiro atoms. The molecule has 88 valence electrons. The molecule has 0 aliphatic rings. The molecule has 0 saturated heterocycles. The van der Waals surface area contributed by atoms with Crippen molar-refractivity contribution in [2.45, 2.75) is 13.0 Å². The van der Waals surface area contributed by atoms with Crippen LogP contribution in [0.3, 0.4) is 0 Å². The van der Waals surface area contributed by atoms with Crippen LogP contribution in [0.25, 0.3) is 0 Å². The van der Waals surface area contributed by atoms with Crippen molar-refractivity contribution in [1.29, 1.82) is 0 Å². The van der Waals surface area contributed by atoms with Gasteiger partial charge in [0.1, 0.15) is 5.82 Å². The van der Waals surface area contributed by atoms with E-state index < -0.39 is 5.97 Å². The molecule has 1 unspecified atom stereocenters. The first kappa shape index (κ1) is 12.4. The van der Waals surface area contributed by atoms with Gasteiger partial charge in [-0.3, -0.25) is 4.98 Å². The van der Waals surface area contributed by atoms with Gasteiger partial charge in [-0.1, -0.05) is 0 Å². The fourth-order valence-corrected chi connectivity index (χ4v) is 1.18. The molecule has 1 N–H and O–H groups in total. The highest BCUT2D eigenvalue weighted by molar-refractivity contribution is 5.87. The topological polar surface area (TPSA) is 73.3 Å². The van der Waals surface area contributed by atoms with E-state index in [-0.39, 0.29) is 11.7 Å². The summed E-state index contributed by atoms with van der Waals surface area (Å²) in [5, 5.41) is 3.06. The van der Waals surface area contributed by atoms with E-state index >= 15 is 0 Å². The summed E-state index contributed by atoms with van der Waals surface area (Å²) in [4.78, 5) is 19.2. The van der Waals surface area contributed by atoms with Gasteiger partial charge < -0.3 is 14.8 Å². The molecule has 6 nitrogen and oxygen atoms in total. The lowest BCUT2D eigenvalue weighted by Gasteiger charge is -2.13. The molecule has 6 heteroatoms. The maximum absolute atomic E-state index is 11.2. The number of nitrogens with zero attached hydrogens (tertiary/aromatic N) is 2. The van der Waals surface area contributed by atoms with E-state index in [2.05, 4.69) is 20.0 Å². The van der Waals surface area contributed by atoms with E-state index in [0.717, 1.165) is 0 Å². The summed E-state index contributed by atoms with van der Waals surface area (Å²) < 4.78 is 9.52. The molecule has 1 atom stereocenters. The van der Waals surface area contributed by atoms with Crippen molar-refractivity contribution in [1.82, 2.24) is 9.97 Å². The summed E-state index contributed by atoms with van der Waals surface area (Å²) in [6.07, 6.45) is 2.90. The number of methoxy groups -OCH3 is 2. The molecule has 0 amide bonds. The van der Waals surface area contributed by atoms with Crippen molar-refractivity contribution in [3.05, 3.63) is 18.1 Å². The second-order valence-corrected chi connectivity index (χ2v) is 3.28. The van der Waals surface area contributed by atoms with Gasteiger partial charge in [0, 0.05) is 13.2 Å². The second kappa shape index (κ2) is 6.02. The molecule has 1 aromatic heterocycles. The smallest absolute Gasteiger partial charge is 0.358 e. The largest absolute Gasteiger partial charge is 0.464 e. The van der Waals surface area contributed by atoms with Gasteiger partial charge in [0.25, 0.3) is 0 Å². The number of rotatable bonds is 5. The Hall–Kier alpha value is -1.69. The minimum Gasteiger partial charge on any atom is -0.464 e. The fraction of sp³-hybridized carbons (Fsp3) is 0.500. The van der Waals surface area contributed by atoms with Crippen LogP contribution in [0, 0.1) is 0 Å². The quantitative estimate of drug-likeness (QED) is 0.744. The minimum absolute atomic E-state index is 0.0900. The molecule has 1 aromatic rings. The lowest BCUT2D eigenvalue weighted by Crippen LogP contribution is -2.22. The first-order valence-electron chi connectivity index (χ1n) is 4.83. The third-order valence-corrected chi connectivity index (χ3v) is 1.84. The molecule has 0 fully saturated rings. The number of carbonyl (C=O) groups excluding carboxylic acids is 1. The van der Waals surface area contributed by atoms with Crippen molar-refractivity contribution in [2.24, 2.45) is 0 Å². The average Bonchev–Trinajstić information content (AvgIpc) is 2.28. The molecule has 0 radical (unpaired) electrons. The van der Waals surface area contributed by atoms with E-state index in [1.54, 1.807) is 13.3 Å². The van der Waals surface area contributed by atoms with Crippen LogP contribution in [0.15, 0.2) is 12.4 Å². The van der Waals surface area contributed by atoms with Crippen molar-refractivity contribution < 1.29 is 14.3 Å². The molecule has 1 rings (SSSR count). The highest BCUT2D eigenvalue weighted by atomic mass is 16.5. The zero-order chi connectivity index (χ0) is 12.0. The highest BCUT2D eigenvalue weighted by Crippen LogP contribution is 2.05. The molecule has 0 aliphatic carbocycles. The predicted molar refractivity (Wildman–Crippen MR) is 58.3 cm³/mol. The maximum Gasteiger partial charge on any atom is 0.358 e. The van der Waals surface area contributed by atoms with E-state index in [1.807, 2.05) is 6.92 Å². The Bertz CT molecular complexity index is 357. The standard InChI is InChI=1S/C10H15N3O3/c1-7(6-15-2)12-9-5-11-4-8(13-9)10(14)16-3/h4-5,7H,6H2,1-3H3,(H,12,13). The Morgan fingerprint density at radius 1 is 1.50 bits per heavy atom. The molecule has 0 aromatic carbocycles. The Morgan fingerprint density at radius 3 is 2.88 bits per heavy atom. The normalized spacial score (nSPS) is 11.9. The Morgan fingerprint density at radius 2 is 2.25 bits per heavy atom. The number of hydrogen-bond acceptors (Lipinski definition) is 6. The van der Waals surface area contributed by atoms with E-state index in [4.69, 9.17) is 4.74 Å². The lowest BCUT2D eigenvalue weighted by atomic mass is 10.3. The van der Waals surface area contributed by atoms with Gasteiger partial charge in [-0.15, -0.1) is 0 Å². The lowest BCUT2D eigenvalue weighted by molar-refractivity contribution is 0.0593. The summed E-state index contributed by atoms with van der Waals surface area (Å²) in [6.45, 7) is 2.49. The third-order valence-electron chi connectivity index (χ3n) is 1.84. The number of nitrogens with one attached hydrogen (secondary N) is 1. The SMILES string of the molecule is COCC(C)Nc1cncc(C(=O)OC)n1. The van der Waals surface area contributed by atoms with Crippen molar-refractivity contribution >= 4 is 11.8 Å². The highest BCUT2D eigenvalue weighted by Gasteiger charge is 2.09. The molecule has 16 heavy (non-hydrogen) atoms. The number of aromatic nitrogens is 2. The van der Waals surface area contributed by atoms with E-state index in [1.165, 1.54) is 13.3 Å². The molecule has 1 heterocycles. The van der Waals surface area contributed by atoms with Gasteiger partial charge in [0.05, 0.1) is 26.1 Å². The Balaban J connectivity index is 2.70. The predicted octanol–water partition coefficient (Wildman–Crippen LogP) is 0.710. The summed E-state index contributed by atoms with van der Waals surface area (Å²) in [7, 11) is 2.92. The van der Waals surface area contributed by atoms with Crippen molar-refractivity contribution in [2.75, 3.05) is 26.1 Å². The van der Waals surface area contributed by atoms with Crippen LogP contribution < -0.4 is 5.32 Å². The Kier molecular flexibility index (Phi) is 4.65. The van der Waals surface area contributed by atoms with Gasteiger partial charge in [0.2, 0.25) is 0 Å². The zero-order valence-electron chi connectivity index (χ0n) is 9.56. The summed E-state index contributed by atoms with van der Waals surface area (Å²) in [6, 6.07) is 0.0900. The fourth-order valence-electron chi connectivity index (χ4n) is 1.18. The summed E-state index contributed by atoms with van der Waals surface area (Å²) >= 11 is 0. The van der Waals surface area contributed by atoms with Crippen LogP contribution in [0.5, 0.6) is 0 Å². The number of carbonyl (C=O) groups is 1. The minimum atomic E-state index is -0.504. The van der Waals surface area contributed by atoms with Crippen molar-refractivity contribution in [3.63, 3.8) is 0 Å². The van der Waals surface area contributed by atoms with Gasteiger partial charge in [-0.05, 0) is 6.92 Å². The van der Waals surface area contributed by atoms with Gasteiger partial charge in [-0.2, -0.15) is 0 Å². The van der Waals surface area contributed by atoms with E-state index in [9.17, 15) is 4.79 Å².